The van der Waals surface area contributed by atoms with Crippen molar-refractivity contribution in [1.82, 2.24) is 9.55 Å². The standard InChI is InChI=1S/C13H16N2O2S/c1-17-10-6-4-5-9-12(10)15(13(16)14-9)11-7-2-3-8-18-11/h4-6,11H,2-3,7-8H2,1H3,(H,14,16). The molecule has 1 saturated heterocycles. The number of ether oxygens (including phenoxy) is 1. The first-order valence-electron chi connectivity index (χ1n) is 6.20. The van der Waals surface area contributed by atoms with E-state index in [1.807, 2.05) is 34.5 Å². The van der Waals surface area contributed by atoms with Crippen molar-refractivity contribution in [2.45, 2.75) is 24.6 Å². The summed E-state index contributed by atoms with van der Waals surface area (Å²) in [6.45, 7) is 0. The van der Waals surface area contributed by atoms with Gasteiger partial charge in [-0.2, -0.15) is 0 Å². The van der Waals surface area contributed by atoms with Crippen LogP contribution in [0.25, 0.3) is 11.0 Å². The smallest absolute Gasteiger partial charge is 0.327 e. The Morgan fingerprint density at radius 2 is 2.33 bits per heavy atom. The molecule has 1 aliphatic rings. The second kappa shape index (κ2) is 4.72. The molecule has 1 unspecified atom stereocenters. The van der Waals surface area contributed by atoms with Gasteiger partial charge in [0.2, 0.25) is 0 Å². The first-order valence-corrected chi connectivity index (χ1v) is 7.25. The van der Waals surface area contributed by atoms with E-state index in [1.54, 1.807) is 7.11 Å². The van der Waals surface area contributed by atoms with Crippen LogP contribution in [-0.2, 0) is 0 Å². The quantitative estimate of drug-likeness (QED) is 0.907. The van der Waals surface area contributed by atoms with Crippen LogP contribution in [0.1, 0.15) is 24.6 Å². The van der Waals surface area contributed by atoms with E-state index in [9.17, 15) is 4.79 Å². The van der Waals surface area contributed by atoms with Crippen LogP contribution in [0.15, 0.2) is 23.0 Å². The Balaban J connectivity index is 2.20. The van der Waals surface area contributed by atoms with Gasteiger partial charge in [-0.3, -0.25) is 4.57 Å². The lowest BCUT2D eigenvalue weighted by Gasteiger charge is -2.22. The minimum Gasteiger partial charge on any atom is -0.494 e. The Labute approximate surface area is 109 Å². The van der Waals surface area contributed by atoms with Gasteiger partial charge in [0.15, 0.2) is 0 Å². The highest BCUT2D eigenvalue weighted by Crippen LogP contribution is 2.36. The molecule has 0 amide bonds. The summed E-state index contributed by atoms with van der Waals surface area (Å²) < 4.78 is 7.24. The molecule has 0 radical (unpaired) electrons. The van der Waals surface area contributed by atoms with Gasteiger partial charge in [-0.05, 0) is 37.1 Å². The second-order valence-corrected chi connectivity index (χ2v) is 5.76. The van der Waals surface area contributed by atoms with Crippen molar-refractivity contribution in [3.05, 3.63) is 28.7 Å². The van der Waals surface area contributed by atoms with Gasteiger partial charge in [0.05, 0.1) is 18.0 Å². The number of aromatic amines is 1. The lowest BCUT2D eigenvalue weighted by atomic mass is 10.2. The summed E-state index contributed by atoms with van der Waals surface area (Å²) in [6.07, 6.45) is 3.48. The van der Waals surface area contributed by atoms with Crippen molar-refractivity contribution in [3.63, 3.8) is 0 Å². The number of hydrogen-bond donors (Lipinski definition) is 1. The van der Waals surface area contributed by atoms with Crippen LogP contribution in [-0.4, -0.2) is 22.4 Å². The largest absolute Gasteiger partial charge is 0.494 e. The van der Waals surface area contributed by atoms with Crippen LogP contribution in [0.2, 0.25) is 0 Å². The number of methoxy groups -OCH3 is 1. The van der Waals surface area contributed by atoms with Crippen molar-refractivity contribution in [2.75, 3.05) is 12.9 Å². The molecular formula is C13H16N2O2S. The molecule has 1 aromatic heterocycles. The first-order chi connectivity index (χ1) is 8.81. The van der Waals surface area contributed by atoms with E-state index in [0.717, 1.165) is 29.0 Å². The number of H-pyrrole nitrogens is 1. The van der Waals surface area contributed by atoms with Gasteiger partial charge in [-0.15, -0.1) is 11.8 Å². The van der Waals surface area contributed by atoms with Gasteiger partial charge in [0.1, 0.15) is 11.3 Å². The van der Waals surface area contributed by atoms with Crippen LogP contribution in [0.5, 0.6) is 5.75 Å². The Hall–Kier alpha value is -1.36. The normalized spacial score (nSPS) is 20.2. The number of rotatable bonds is 2. The summed E-state index contributed by atoms with van der Waals surface area (Å²) in [4.78, 5) is 15.1. The van der Waals surface area contributed by atoms with Gasteiger partial charge >= 0.3 is 5.69 Å². The maximum Gasteiger partial charge on any atom is 0.327 e. The number of benzene rings is 1. The predicted molar refractivity (Wildman–Crippen MR) is 74.5 cm³/mol. The summed E-state index contributed by atoms with van der Waals surface area (Å²) >= 11 is 1.86. The molecule has 3 rings (SSSR count). The van der Waals surface area contributed by atoms with Crippen molar-refractivity contribution in [1.29, 1.82) is 0 Å². The minimum absolute atomic E-state index is 0.0334. The number of aromatic nitrogens is 2. The second-order valence-electron chi connectivity index (χ2n) is 4.48. The van der Waals surface area contributed by atoms with Gasteiger partial charge in [0.25, 0.3) is 0 Å². The molecule has 18 heavy (non-hydrogen) atoms. The molecule has 1 aliphatic heterocycles. The van der Waals surface area contributed by atoms with Crippen molar-refractivity contribution >= 4 is 22.8 Å². The molecule has 2 aromatic rings. The predicted octanol–water partition coefficient (Wildman–Crippen LogP) is 2.75. The molecule has 96 valence electrons. The number of para-hydroxylation sites is 1. The van der Waals surface area contributed by atoms with E-state index >= 15 is 0 Å². The molecular weight excluding hydrogens is 248 g/mol. The number of fused-ring (bicyclic) bond motifs is 1. The zero-order valence-electron chi connectivity index (χ0n) is 10.3. The highest BCUT2D eigenvalue weighted by atomic mass is 32.2. The fraction of sp³-hybridized carbons (Fsp3) is 0.462. The van der Waals surface area contributed by atoms with E-state index in [-0.39, 0.29) is 11.1 Å². The first kappa shape index (κ1) is 11.7. The summed E-state index contributed by atoms with van der Waals surface area (Å²) in [5.41, 5.74) is 1.71. The number of imidazole rings is 1. The van der Waals surface area contributed by atoms with Crippen molar-refractivity contribution in [2.24, 2.45) is 0 Å². The average Bonchev–Trinajstić information content (AvgIpc) is 2.75. The zero-order valence-corrected chi connectivity index (χ0v) is 11.1. The van der Waals surface area contributed by atoms with Crippen molar-refractivity contribution in [3.8, 4) is 5.75 Å². The fourth-order valence-electron chi connectivity index (χ4n) is 2.52. The van der Waals surface area contributed by atoms with Crippen LogP contribution < -0.4 is 10.4 Å². The Kier molecular flexibility index (Phi) is 3.07. The fourth-order valence-corrected chi connectivity index (χ4v) is 3.84. The Bertz CT molecular complexity index is 611. The van der Waals surface area contributed by atoms with E-state index in [2.05, 4.69) is 4.98 Å². The highest BCUT2D eigenvalue weighted by Gasteiger charge is 2.22. The SMILES string of the molecule is COc1cccc2[nH]c(=O)n(C3CCCCS3)c12. The van der Waals surface area contributed by atoms with E-state index < -0.39 is 0 Å². The lowest BCUT2D eigenvalue weighted by molar-refractivity contribution is 0.416. The minimum atomic E-state index is -0.0334. The summed E-state index contributed by atoms with van der Waals surface area (Å²) in [5.74, 6) is 1.89. The van der Waals surface area contributed by atoms with Gasteiger partial charge in [-0.25, -0.2) is 4.79 Å². The third-order valence-corrected chi connectivity index (χ3v) is 4.72. The van der Waals surface area contributed by atoms with E-state index in [1.165, 1.54) is 12.8 Å². The summed E-state index contributed by atoms with van der Waals surface area (Å²) in [7, 11) is 1.64. The maximum absolute atomic E-state index is 12.1. The molecule has 1 N–H and O–H groups in total. The third-order valence-electron chi connectivity index (χ3n) is 3.36. The molecule has 1 fully saturated rings. The average molecular weight is 264 g/mol. The van der Waals surface area contributed by atoms with E-state index in [0.29, 0.717) is 0 Å². The summed E-state index contributed by atoms with van der Waals surface area (Å²) in [6, 6.07) is 5.72. The molecule has 0 saturated carbocycles. The maximum atomic E-state index is 12.1. The van der Waals surface area contributed by atoms with Gasteiger partial charge in [0, 0.05) is 0 Å². The van der Waals surface area contributed by atoms with Crippen LogP contribution in [0.4, 0.5) is 0 Å². The highest BCUT2D eigenvalue weighted by molar-refractivity contribution is 7.99. The monoisotopic (exact) mass is 264 g/mol. The van der Waals surface area contributed by atoms with Crippen LogP contribution in [0.3, 0.4) is 0 Å². The molecule has 0 bridgehead atoms. The Morgan fingerprint density at radius 1 is 1.44 bits per heavy atom. The molecule has 1 atom stereocenters. The number of hydrogen-bond acceptors (Lipinski definition) is 3. The summed E-state index contributed by atoms with van der Waals surface area (Å²) in [5, 5.41) is 0.233. The third kappa shape index (κ3) is 1.82. The van der Waals surface area contributed by atoms with Gasteiger partial charge < -0.3 is 9.72 Å². The molecule has 0 spiro atoms. The number of nitrogens with one attached hydrogen (secondary N) is 1. The van der Waals surface area contributed by atoms with Crippen molar-refractivity contribution < 1.29 is 4.74 Å². The number of thioether (sulfide) groups is 1. The molecule has 5 heteroatoms. The van der Waals surface area contributed by atoms with Crippen LogP contribution in [0, 0.1) is 0 Å². The number of nitrogens with zero attached hydrogens (tertiary/aromatic N) is 1. The van der Waals surface area contributed by atoms with Gasteiger partial charge in [-0.1, -0.05) is 6.07 Å². The molecule has 2 heterocycles. The molecule has 4 nitrogen and oxygen atoms in total. The Morgan fingerprint density at radius 3 is 3.06 bits per heavy atom. The van der Waals surface area contributed by atoms with Crippen LogP contribution >= 0.6 is 11.8 Å². The zero-order chi connectivity index (χ0) is 12.5. The van der Waals surface area contributed by atoms with E-state index in [4.69, 9.17) is 4.74 Å². The topological polar surface area (TPSA) is 47.0 Å². The molecule has 1 aromatic carbocycles. The lowest BCUT2D eigenvalue weighted by Crippen LogP contribution is -2.22. The molecule has 0 aliphatic carbocycles.